The van der Waals surface area contributed by atoms with Crippen molar-refractivity contribution in [3.05, 3.63) is 93.8 Å². The van der Waals surface area contributed by atoms with Gasteiger partial charge in [-0.3, -0.25) is 24.6 Å². The molecule has 0 radical (unpaired) electrons. The van der Waals surface area contributed by atoms with Crippen molar-refractivity contribution < 1.29 is 28.8 Å². The average Bonchev–Trinajstić information content (AvgIpc) is 2.92. The molecule has 0 aliphatic carbocycles. The Morgan fingerprint density at radius 3 is 2.55 bits per heavy atom. The first-order valence-corrected chi connectivity index (χ1v) is 12.7. The first-order chi connectivity index (χ1) is 18.2. The monoisotopic (exact) mass is 538 g/mol. The zero-order chi connectivity index (χ0) is 27.2. The van der Waals surface area contributed by atoms with E-state index in [9.17, 15) is 24.5 Å². The Bertz CT molecular complexity index is 1280. The number of non-ortho nitro benzene ring substituents is 1. The van der Waals surface area contributed by atoms with Gasteiger partial charge in [0.2, 0.25) is 0 Å². The number of hydrogen-bond acceptors (Lipinski definition) is 9. The minimum absolute atomic E-state index is 0.0699. The van der Waals surface area contributed by atoms with E-state index in [2.05, 4.69) is 5.32 Å². The van der Waals surface area contributed by atoms with Crippen molar-refractivity contribution in [1.29, 1.82) is 0 Å². The van der Waals surface area contributed by atoms with Crippen LogP contribution in [0.2, 0.25) is 0 Å². The smallest absolute Gasteiger partial charge is 0.355 e. The Kier molecular flexibility index (Phi) is 8.31. The molecule has 198 valence electrons. The molecule has 2 aliphatic rings. The van der Waals surface area contributed by atoms with E-state index in [0.717, 1.165) is 0 Å². The zero-order valence-corrected chi connectivity index (χ0v) is 21.6. The van der Waals surface area contributed by atoms with Gasteiger partial charge in [0.1, 0.15) is 29.5 Å². The molecule has 2 heterocycles. The highest BCUT2D eigenvalue weighted by atomic mass is 32.2. The number of carbonyl (C=O) groups excluding carboxylic acids is 3. The lowest BCUT2D eigenvalue weighted by atomic mass is 10.0. The van der Waals surface area contributed by atoms with Gasteiger partial charge in [-0.2, -0.15) is 0 Å². The molecule has 0 spiro atoms. The fraction of sp³-hybridized carbons (Fsp3) is 0.269. The molecule has 4 rings (SSSR count). The highest BCUT2D eigenvalue weighted by Crippen LogP contribution is 2.41. The van der Waals surface area contributed by atoms with Gasteiger partial charge in [-0.15, -0.1) is 11.8 Å². The van der Waals surface area contributed by atoms with E-state index in [1.807, 2.05) is 20.2 Å². The fourth-order valence-corrected chi connectivity index (χ4v) is 5.13. The van der Waals surface area contributed by atoms with Crippen LogP contribution in [-0.4, -0.2) is 70.4 Å². The number of fused-ring (bicyclic) bond motifs is 1. The molecule has 0 aromatic heterocycles. The average molecular weight is 539 g/mol. The summed E-state index contributed by atoms with van der Waals surface area (Å²) < 4.78 is 10.9. The second-order valence-corrected chi connectivity index (χ2v) is 9.81. The number of amides is 2. The van der Waals surface area contributed by atoms with Crippen LogP contribution in [0, 0.1) is 10.1 Å². The summed E-state index contributed by atoms with van der Waals surface area (Å²) in [4.78, 5) is 52.2. The van der Waals surface area contributed by atoms with Crippen molar-refractivity contribution in [2.45, 2.75) is 18.0 Å². The van der Waals surface area contributed by atoms with E-state index in [1.165, 1.54) is 40.9 Å². The molecule has 38 heavy (non-hydrogen) atoms. The fourth-order valence-electron chi connectivity index (χ4n) is 3.81. The minimum Gasteiger partial charge on any atom is -0.484 e. The number of thioether (sulfide) groups is 1. The van der Waals surface area contributed by atoms with Crippen molar-refractivity contribution >= 4 is 35.2 Å². The molecule has 0 saturated carbocycles. The molecular weight excluding hydrogens is 512 g/mol. The molecule has 2 aliphatic heterocycles. The number of carbonyl (C=O) groups is 3. The summed E-state index contributed by atoms with van der Waals surface area (Å²) in [5.74, 6) is -0.606. The van der Waals surface area contributed by atoms with Gasteiger partial charge in [0.15, 0.2) is 6.61 Å². The number of nitrogens with zero attached hydrogens (tertiary/aromatic N) is 3. The third-order valence-corrected chi connectivity index (χ3v) is 7.01. The number of nitro benzene ring substituents is 1. The maximum Gasteiger partial charge on any atom is 0.355 e. The van der Waals surface area contributed by atoms with Crippen molar-refractivity contribution in [3.63, 3.8) is 0 Å². The van der Waals surface area contributed by atoms with Crippen LogP contribution in [-0.2, 0) is 25.7 Å². The predicted molar refractivity (Wildman–Crippen MR) is 140 cm³/mol. The van der Waals surface area contributed by atoms with E-state index >= 15 is 0 Å². The summed E-state index contributed by atoms with van der Waals surface area (Å²) in [6, 6.07) is 13.7. The molecule has 2 aromatic rings. The van der Waals surface area contributed by atoms with Crippen LogP contribution in [0.1, 0.15) is 5.56 Å². The molecule has 2 amide bonds. The van der Waals surface area contributed by atoms with Crippen LogP contribution in [0.5, 0.6) is 5.75 Å². The Labute approximate surface area is 223 Å². The van der Waals surface area contributed by atoms with E-state index in [1.54, 1.807) is 41.4 Å². The summed E-state index contributed by atoms with van der Waals surface area (Å²) in [6.45, 7) is -0.371. The molecule has 1 saturated heterocycles. The molecule has 2 aromatic carbocycles. The predicted octanol–water partition coefficient (Wildman–Crippen LogP) is 2.45. The Morgan fingerprint density at radius 2 is 1.89 bits per heavy atom. The quantitative estimate of drug-likeness (QED) is 0.210. The third-order valence-electron chi connectivity index (χ3n) is 5.71. The van der Waals surface area contributed by atoms with Gasteiger partial charge in [-0.1, -0.05) is 18.2 Å². The second-order valence-electron chi connectivity index (χ2n) is 8.71. The highest BCUT2D eigenvalue weighted by Gasteiger charge is 2.54. The number of para-hydroxylation sites is 1. The van der Waals surface area contributed by atoms with Crippen molar-refractivity contribution in [2.75, 3.05) is 26.5 Å². The van der Waals surface area contributed by atoms with Gasteiger partial charge in [-0.05, 0) is 47.7 Å². The standard InChI is InChI=1S/C26H26N4O7S/c1-28(2)13-12-18-16-38-25-22(27-21(31)15-36-20-6-4-3-5-7-20)24(32)29(25)23(18)26(33)37-14-17-8-10-19(11-9-17)30(34)35/h3-13,22,25H,14-16H2,1-2H3,(H,27,31)/b13-12+. The lowest BCUT2D eigenvalue weighted by Crippen LogP contribution is -2.70. The number of benzene rings is 2. The summed E-state index contributed by atoms with van der Waals surface area (Å²) in [5.41, 5.74) is 1.22. The number of allylic oxidation sites excluding steroid dienone is 1. The first kappa shape index (κ1) is 26.7. The van der Waals surface area contributed by atoms with Gasteiger partial charge in [-0.25, -0.2) is 4.79 Å². The topological polar surface area (TPSA) is 131 Å². The van der Waals surface area contributed by atoms with Crippen LogP contribution in [0.15, 0.2) is 78.1 Å². The number of nitro groups is 1. The molecule has 2 unspecified atom stereocenters. The van der Waals surface area contributed by atoms with Gasteiger partial charge in [0.25, 0.3) is 17.5 Å². The molecule has 2 atom stereocenters. The van der Waals surface area contributed by atoms with E-state index in [-0.39, 0.29) is 24.6 Å². The van der Waals surface area contributed by atoms with Gasteiger partial charge >= 0.3 is 5.97 Å². The van der Waals surface area contributed by atoms with E-state index in [0.29, 0.717) is 22.6 Å². The lowest BCUT2D eigenvalue weighted by Gasteiger charge is -2.49. The number of ether oxygens (including phenoxy) is 2. The largest absolute Gasteiger partial charge is 0.484 e. The Morgan fingerprint density at radius 1 is 1.18 bits per heavy atom. The molecule has 1 fully saturated rings. The number of β-lactam (4-membered cyclic amide) rings is 1. The maximum absolute atomic E-state index is 13.2. The van der Waals surface area contributed by atoms with E-state index < -0.39 is 34.1 Å². The molecule has 12 heteroatoms. The lowest BCUT2D eigenvalue weighted by molar-refractivity contribution is -0.384. The van der Waals surface area contributed by atoms with Crippen LogP contribution >= 0.6 is 11.8 Å². The summed E-state index contributed by atoms with van der Waals surface area (Å²) >= 11 is 1.43. The van der Waals surface area contributed by atoms with Gasteiger partial charge in [0.05, 0.1) is 4.92 Å². The molecular formula is C26H26N4O7S. The molecule has 11 nitrogen and oxygen atoms in total. The van der Waals surface area contributed by atoms with Crippen LogP contribution in [0.4, 0.5) is 5.69 Å². The summed E-state index contributed by atoms with van der Waals surface area (Å²) in [5, 5.41) is 13.1. The number of nitrogens with one attached hydrogen (secondary N) is 1. The maximum atomic E-state index is 13.2. The van der Waals surface area contributed by atoms with Crippen LogP contribution < -0.4 is 10.1 Å². The number of esters is 1. The van der Waals surface area contributed by atoms with Crippen LogP contribution in [0.25, 0.3) is 0 Å². The number of hydrogen-bond donors (Lipinski definition) is 1. The van der Waals surface area contributed by atoms with Gasteiger partial charge in [0, 0.05) is 32.0 Å². The minimum atomic E-state index is -0.802. The van der Waals surface area contributed by atoms with Crippen molar-refractivity contribution in [2.24, 2.45) is 0 Å². The Hall–Kier alpha value is -4.32. The van der Waals surface area contributed by atoms with Crippen molar-refractivity contribution in [1.82, 2.24) is 15.1 Å². The first-order valence-electron chi connectivity index (χ1n) is 11.6. The second kappa shape index (κ2) is 11.8. The summed E-state index contributed by atoms with van der Waals surface area (Å²) in [6.07, 6.45) is 3.52. The zero-order valence-electron chi connectivity index (χ0n) is 20.7. The molecule has 1 N–H and O–H groups in total. The molecule has 0 bridgehead atoms. The third kappa shape index (κ3) is 6.14. The van der Waals surface area contributed by atoms with Crippen LogP contribution in [0.3, 0.4) is 0 Å². The number of rotatable bonds is 10. The SMILES string of the molecule is CN(C)/C=C/C1=C(C(=O)OCc2ccc([N+](=O)[O-])cc2)N2C(=O)C(NC(=O)COc3ccccc3)C2SC1. The van der Waals surface area contributed by atoms with E-state index in [4.69, 9.17) is 9.47 Å². The normalized spacial score (nSPS) is 18.5. The van der Waals surface area contributed by atoms with Gasteiger partial charge < -0.3 is 19.7 Å². The Balaban J connectivity index is 1.44. The van der Waals surface area contributed by atoms with Crippen molar-refractivity contribution in [3.8, 4) is 5.75 Å². The highest BCUT2D eigenvalue weighted by molar-refractivity contribution is 8.00. The summed E-state index contributed by atoms with van der Waals surface area (Å²) in [7, 11) is 3.67.